The van der Waals surface area contributed by atoms with Crippen molar-refractivity contribution in [1.29, 1.82) is 0 Å². The first-order chi connectivity index (χ1) is 8.86. The molecule has 2 unspecified atom stereocenters. The van der Waals surface area contributed by atoms with Gasteiger partial charge >= 0.3 is 5.97 Å². The van der Waals surface area contributed by atoms with Gasteiger partial charge in [0.1, 0.15) is 11.6 Å². The lowest BCUT2D eigenvalue weighted by molar-refractivity contribution is -0.150. The number of nitrogens with two attached hydrogens (primary N) is 1. The minimum Gasteiger partial charge on any atom is -0.481 e. The molecule has 1 aromatic carbocycles. The van der Waals surface area contributed by atoms with Gasteiger partial charge < -0.3 is 15.6 Å². The molecule has 1 aliphatic heterocycles. The van der Waals surface area contributed by atoms with Crippen LogP contribution in [-0.4, -0.2) is 23.8 Å². The van der Waals surface area contributed by atoms with Crippen LogP contribution in [0.2, 0.25) is 0 Å². The summed E-state index contributed by atoms with van der Waals surface area (Å²) >= 11 is 0. The molecule has 1 fully saturated rings. The molecule has 3 N–H and O–H groups in total. The average Bonchev–Trinajstić information content (AvgIpc) is 2.33. The molecule has 2 atom stereocenters. The SMILES string of the molecule is CC1CC(C(=O)O)(c2cc(F)cc(F)c2N)CCO1. The summed E-state index contributed by atoms with van der Waals surface area (Å²) in [5.41, 5.74) is 3.89. The molecule has 0 amide bonds. The summed E-state index contributed by atoms with van der Waals surface area (Å²) in [7, 11) is 0. The van der Waals surface area contributed by atoms with E-state index >= 15 is 0 Å². The van der Waals surface area contributed by atoms with E-state index < -0.39 is 23.0 Å². The molecule has 6 heteroatoms. The number of nitrogen functional groups attached to an aromatic ring is 1. The number of hydrogen-bond donors (Lipinski definition) is 2. The Labute approximate surface area is 109 Å². The number of aliphatic carboxylic acids is 1. The molecule has 4 nitrogen and oxygen atoms in total. The lowest BCUT2D eigenvalue weighted by Crippen LogP contribution is -2.44. The Morgan fingerprint density at radius 2 is 2.21 bits per heavy atom. The smallest absolute Gasteiger partial charge is 0.314 e. The van der Waals surface area contributed by atoms with Crippen LogP contribution < -0.4 is 5.73 Å². The molecular formula is C13H15F2NO3. The van der Waals surface area contributed by atoms with Crippen molar-refractivity contribution >= 4 is 11.7 Å². The van der Waals surface area contributed by atoms with Gasteiger partial charge in [0, 0.05) is 12.7 Å². The molecule has 0 aliphatic carbocycles. The number of ether oxygens (including phenoxy) is 1. The van der Waals surface area contributed by atoms with E-state index in [9.17, 15) is 18.7 Å². The van der Waals surface area contributed by atoms with Crippen molar-refractivity contribution in [3.05, 3.63) is 29.3 Å². The maximum atomic E-state index is 13.5. The molecule has 0 bridgehead atoms. The topological polar surface area (TPSA) is 72.5 Å². The Balaban J connectivity index is 2.60. The first-order valence-corrected chi connectivity index (χ1v) is 5.97. The average molecular weight is 271 g/mol. The predicted octanol–water partition coefficient (Wildman–Crippen LogP) is 2.07. The second kappa shape index (κ2) is 4.77. The molecular weight excluding hydrogens is 256 g/mol. The van der Waals surface area contributed by atoms with E-state index in [1.807, 2.05) is 0 Å². The van der Waals surface area contributed by atoms with Gasteiger partial charge in [0.05, 0.1) is 17.2 Å². The molecule has 1 aliphatic rings. The minimum absolute atomic E-state index is 0.00681. The fourth-order valence-corrected chi connectivity index (χ4v) is 2.62. The van der Waals surface area contributed by atoms with Gasteiger partial charge in [-0.25, -0.2) is 8.78 Å². The van der Waals surface area contributed by atoms with Gasteiger partial charge in [-0.05, 0) is 31.4 Å². The molecule has 0 spiro atoms. The standard InChI is InChI=1S/C13H15F2NO3/c1-7-6-13(12(17)18,2-3-19-7)9-4-8(14)5-10(15)11(9)16/h4-5,7H,2-3,6,16H2,1H3,(H,17,18). The number of carbonyl (C=O) groups is 1. The summed E-state index contributed by atoms with van der Waals surface area (Å²) in [6.45, 7) is 1.94. The monoisotopic (exact) mass is 271 g/mol. The van der Waals surface area contributed by atoms with Gasteiger partial charge in [0.25, 0.3) is 0 Å². The van der Waals surface area contributed by atoms with Crippen molar-refractivity contribution in [2.45, 2.75) is 31.3 Å². The van der Waals surface area contributed by atoms with Crippen LogP contribution in [0.15, 0.2) is 12.1 Å². The van der Waals surface area contributed by atoms with Crippen LogP contribution in [0.4, 0.5) is 14.5 Å². The fourth-order valence-electron chi connectivity index (χ4n) is 2.62. The Kier molecular flexibility index (Phi) is 3.45. The van der Waals surface area contributed by atoms with Crippen molar-refractivity contribution < 1.29 is 23.4 Å². The Morgan fingerprint density at radius 3 is 2.79 bits per heavy atom. The van der Waals surface area contributed by atoms with E-state index in [4.69, 9.17) is 10.5 Å². The van der Waals surface area contributed by atoms with Crippen LogP contribution in [-0.2, 0) is 14.9 Å². The number of hydrogen-bond acceptors (Lipinski definition) is 3. The van der Waals surface area contributed by atoms with Gasteiger partial charge in [-0.15, -0.1) is 0 Å². The highest BCUT2D eigenvalue weighted by molar-refractivity contribution is 5.84. The van der Waals surface area contributed by atoms with Crippen molar-refractivity contribution in [1.82, 2.24) is 0 Å². The predicted molar refractivity (Wildman–Crippen MR) is 64.7 cm³/mol. The van der Waals surface area contributed by atoms with Gasteiger partial charge in [-0.3, -0.25) is 4.79 Å². The highest BCUT2D eigenvalue weighted by atomic mass is 19.1. The summed E-state index contributed by atoms with van der Waals surface area (Å²) in [6.07, 6.45) is -0.0366. The van der Waals surface area contributed by atoms with E-state index in [1.165, 1.54) is 0 Å². The maximum Gasteiger partial charge on any atom is 0.314 e. The summed E-state index contributed by atoms with van der Waals surface area (Å²) < 4.78 is 32.2. The van der Waals surface area contributed by atoms with Gasteiger partial charge in [-0.1, -0.05) is 0 Å². The number of carboxylic acid groups (broad SMARTS) is 1. The van der Waals surface area contributed by atoms with E-state index in [2.05, 4.69) is 0 Å². The first kappa shape index (κ1) is 13.7. The number of rotatable bonds is 2. The van der Waals surface area contributed by atoms with Gasteiger partial charge in [0.2, 0.25) is 0 Å². The fraction of sp³-hybridized carbons (Fsp3) is 0.462. The van der Waals surface area contributed by atoms with Crippen molar-refractivity contribution in [3.8, 4) is 0 Å². The quantitative estimate of drug-likeness (QED) is 0.808. The Hall–Kier alpha value is -1.69. The minimum atomic E-state index is -1.40. The van der Waals surface area contributed by atoms with Crippen LogP contribution in [0.5, 0.6) is 0 Å². The number of anilines is 1. The second-order valence-electron chi connectivity index (χ2n) is 4.87. The van der Waals surface area contributed by atoms with Crippen LogP contribution in [0, 0.1) is 11.6 Å². The summed E-state index contributed by atoms with van der Waals surface area (Å²) in [6, 6.07) is 1.65. The third-order valence-corrected chi connectivity index (χ3v) is 3.59. The molecule has 1 saturated heterocycles. The molecule has 1 heterocycles. The van der Waals surface area contributed by atoms with E-state index in [0.29, 0.717) is 6.07 Å². The molecule has 104 valence electrons. The number of benzene rings is 1. The largest absolute Gasteiger partial charge is 0.481 e. The van der Waals surface area contributed by atoms with Crippen molar-refractivity contribution in [2.24, 2.45) is 0 Å². The second-order valence-corrected chi connectivity index (χ2v) is 4.87. The molecule has 0 saturated carbocycles. The molecule has 19 heavy (non-hydrogen) atoms. The highest BCUT2D eigenvalue weighted by Crippen LogP contribution is 2.41. The Bertz CT molecular complexity index is 521. The van der Waals surface area contributed by atoms with Crippen LogP contribution in [0.3, 0.4) is 0 Å². The van der Waals surface area contributed by atoms with Gasteiger partial charge in [-0.2, -0.15) is 0 Å². The normalized spacial score (nSPS) is 27.2. The van der Waals surface area contributed by atoms with Crippen LogP contribution in [0.25, 0.3) is 0 Å². The van der Waals surface area contributed by atoms with E-state index in [0.717, 1.165) is 6.07 Å². The number of halogens is 2. The van der Waals surface area contributed by atoms with Crippen molar-refractivity contribution in [3.63, 3.8) is 0 Å². The third kappa shape index (κ3) is 2.28. The molecule has 0 radical (unpaired) electrons. The third-order valence-electron chi connectivity index (χ3n) is 3.59. The zero-order chi connectivity index (χ0) is 14.2. The summed E-state index contributed by atoms with van der Waals surface area (Å²) in [4.78, 5) is 11.6. The lowest BCUT2D eigenvalue weighted by atomic mass is 9.71. The molecule has 1 aromatic rings. The zero-order valence-corrected chi connectivity index (χ0v) is 10.5. The zero-order valence-electron chi connectivity index (χ0n) is 10.5. The van der Waals surface area contributed by atoms with Crippen molar-refractivity contribution in [2.75, 3.05) is 12.3 Å². The maximum absolute atomic E-state index is 13.5. The Morgan fingerprint density at radius 1 is 1.53 bits per heavy atom. The number of carboxylic acids is 1. The first-order valence-electron chi connectivity index (χ1n) is 5.97. The highest BCUT2D eigenvalue weighted by Gasteiger charge is 2.46. The van der Waals surface area contributed by atoms with E-state index in [-0.39, 0.29) is 36.8 Å². The van der Waals surface area contributed by atoms with Crippen LogP contribution in [0.1, 0.15) is 25.3 Å². The van der Waals surface area contributed by atoms with Gasteiger partial charge in [0.15, 0.2) is 0 Å². The molecule has 2 rings (SSSR count). The molecule has 0 aromatic heterocycles. The summed E-state index contributed by atoms with van der Waals surface area (Å²) in [5, 5.41) is 9.51. The van der Waals surface area contributed by atoms with Crippen LogP contribution >= 0.6 is 0 Å². The van der Waals surface area contributed by atoms with E-state index in [1.54, 1.807) is 6.92 Å². The summed E-state index contributed by atoms with van der Waals surface area (Å²) in [5.74, 6) is -2.91. The lowest BCUT2D eigenvalue weighted by Gasteiger charge is -2.37.